The topological polar surface area (TPSA) is 109 Å². The fourth-order valence-corrected chi connectivity index (χ4v) is 5.02. The molecule has 34 heavy (non-hydrogen) atoms. The van der Waals surface area contributed by atoms with Crippen LogP contribution in [-0.4, -0.2) is 63.4 Å². The third kappa shape index (κ3) is 10.2. The summed E-state index contributed by atoms with van der Waals surface area (Å²) in [5.41, 5.74) is 6.51. The van der Waals surface area contributed by atoms with Crippen LogP contribution in [0.15, 0.2) is 36.4 Å². The Labute approximate surface area is 227 Å². The van der Waals surface area contributed by atoms with Crippen LogP contribution in [0, 0.1) is 7.14 Å². The molecule has 0 saturated carbocycles. The van der Waals surface area contributed by atoms with E-state index < -0.39 is 12.0 Å². The minimum absolute atomic E-state index is 0.0557. The van der Waals surface area contributed by atoms with E-state index in [1.165, 1.54) is 0 Å². The van der Waals surface area contributed by atoms with Crippen molar-refractivity contribution in [2.75, 3.05) is 40.1 Å². The first-order chi connectivity index (χ1) is 16.3. The summed E-state index contributed by atoms with van der Waals surface area (Å²) in [5.74, 6) is 1.10. The summed E-state index contributed by atoms with van der Waals surface area (Å²) in [6.07, 6.45) is 1.19. The van der Waals surface area contributed by atoms with Gasteiger partial charge >= 0.3 is 5.97 Å². The number of hydrogen-bond acceptors (Lipinski definition) is 7. The smallest absolute Gasteiger partial charge is 0.320 e. The third-order valence-corrected chi connectivity index (χ3v) is 6.37. The molecule has 0 aliphatic carbocycles. The molecule has 0 spiro atoms. The molecule has 10 heteroatoms. The fourth-order valence-electron chi connectivity index (χ4n) is 2.91. The van der Waals surface area contributed by atoms with Crippen molar-refractivity contribution >= 4 is 51.2 Å². The number of ether oxygens (including phenoxy) is 5. The Hall–Kier alpha value is -1.19. The van der Waals surface area contributed by atoms with E-state index in [0.29, 0.717) is 44.5 Å². The number of carboxylic acid groups (broad SMARTS) is 1. The number of carboxylic acids is 1. The van der Waals surface area contributed by atoms with E-state index in [9.17, 15) is 4.79 Å². The molecule has 2 rings (SSSR count). The number of rotatable bonds is 16. The molecule has 3 N–H and O–H groups in total. The summed E-state index contributed by atoms with van der Waals surface area (Å²) in [4.78, 5) is 11.0. The third-order valence-electron chi connectivity index (χ3n) is 4.77. The maximum atomic E-state index is 11.0. The van der Waals surface area contributed by atoms with Crippen molar-refractivity contribution in [1.82, 2.24) is 0 Å². The molecule has 188 valence electrons. The lowest BCUT2D eigenvalue weighted by Crippen LogP contribution is -2.32. The maximum absolute atomic E-state index is 11.0. The molecule has 0 fully saturated rings. The lowest BCUT2D eigenvalue weighted by Gasteiger charge is -2.16. The molecule has 0 aliphatic heterocycles. The summed E-state index contributed by atoms with van der Waals surface area (Å²) < 4.78 is 29.9. The van der Waals surface area contributed by atoms with Gasteiger partial charge in [0, 0.05) is 7.11 Å². The quantitative estimate of drug-likeness (QED) is 0.195. The average molecular weight is 699 g/mol. The Morgan fingerprint density at radius 2 is 1.68 bits per heavy atom. The zero-order valence-electron chi connectivity index (χ0n) is 19.3. The van der Waals surface area contributed by atoms with Gasteiger partial charge in [-0.3, -0.25) is 4.79 Å². The molecule has 0 bridgehead atoms. The predicted molar refractivity (Wildman–Crippen MR) is 146 cm³/mol. The van der Waals surface area contributed by atoms with Crippen LogP contribution < -0.4 is 15.2 Å². The molecule has 0 aromatic heterocycles. The highest BCUT2D eigenvalue weighted by molar-refractivity contribution is 14.1. The Bertz CT molecular complexity index is 872. The lowest BCUT2D eigenvalue weighted by atomic mass is 10.1. The van der Waals surface area contributed by atoms with Crippen LogP contribution in [0.3, 0.4) is 0 Å². The van der Waals surface area contributed by atoms with Crippen molar-refractivity contribution in [2.45, 2.75) is 31.9 Å². The number of nitrogens with two attached hydrogens (primary N) is 1. The largest absolute Gasteiger partial charge is 0.491 e. The maximum Gasteiger partial charge on any atom is 0.320 e. The van der Waals surface area contributed by atoms with Gasteiger partial charge in [-0.1, -0.05) is 6.92 Å². The molecule has 2 aromatic rings. The van der Waals surface area contributed by atoms with E-state index in [-0.39, 0.29) is 12.5 Å². The van der Waals surface area contributed by atoms with Crippen molar-refractivity contribution in [3.8, 4) is 17.2 Å². The molecule has 0 aliphatic rings. The Morgan fingerprint density at radius 1 is 1.03 bits per heavy atom. The first-order valence-electron chi connectivity index (χ1n) is 10.9. The van der Waals surface area contributed by atoms with Crippen LogP contribution in [0.4, 0.5) is 0 Å². The fraction of sp³-hybridized carbons (Fsp3) is 0.458. The second-order valence-electron chi connectivity index (χ2n) is 7.43. The Morgan fingerprint density at radius 3 is 2.26 bits per heavy atom. The highest BCUT2D eigenvalue weighted by Crippen LogP contribution is 2.33. The second kappa shape index (κ2) is 15.7. The van der Waals surface area contributed by atoms with E-state index in [2.05, 4.69) is 52.1 Å². The average Bonchev–Trinajstić information content (AvgIpc) is 2.81. The minimum atomic E-state index is -1.02. The second-order valence-corrected chi connectivity index (χ2v) is 9.75. The van der Waals surface area contributed by atoms with Crippen LogP contribution >= 0.6 is 45.2 Å². The van der Waals surface area contributed by atoms with Gasteiger partial charge in [-0.05, 0) is 100.0 Å². The molecule has 0 amide bonds. The zero-order valence-corrected chi connectivity index (χ0v) is 23.6. The molecule has 0 saturated heterocycles. The van der Waals surface area contributed by atoms with Gasteiger partial charge in [0.25, 0.3) is 0 Å². The summed E-state index contributed by atoms with van der Waals surface area (Å²) in [6, 6.07) is 10.2. The van der Waals surface area contributed by atoms with Crippen LogP contribution in [0.5, 0.6) is 17.2 Å². The van der Waals surface area contributed by atoms with Crippen molar-refractivity contribution in [3.63, 3.8) is 0 Å². The van der Waals surface area contributed by atoms with E-state index in [0.717, 1.165) is 24.9 Å². The lowest BCUT2D eigenvalue weighted by molar-refractivity contribution is -0.138. The summed E-state index contributed by atoms with van der Waals surface area (Å²) in [7, 11) is 1.65. The van der Waals surface area contributed by atoms with Gasteiger partial charge in [0.2, 0.25) is 0 Å². The number of methoxy groups -OCH3 is 1. The summed E-state index contributed by atoms with van der Waals surface area (Å²) in [5, 5.41) is 9.02. The molecule has 2 unspecified atom stereocenters. The van der Waals surface area contributed by atoms with Gasteiger partial charge in [0.1, 0.15) is 24.1 Å². The van der Waals surface area contributed by atoms with Gasteiger partial charge in [-0.15, -0.1) is 0 Å². The molecule has 0 heterocycles. The number of hydrogen-bond donors (Lipinski definition) is 2. The van der Waals surface area contributed by atoms with Gasteiger partial charge in [0.05, 0.1) is 39.7 Å². The Balaban J connectivity index is 1.81. The Kier molecular flexibility index (Phi) is 13.4. The first-order valence-corrected chi connectivity index (χ1v) is 13.0. The number of carbonyl (C=O) groups is 1. The van der Waals surface area contributed by atoms with Gasteiger partial charge in [-0.25, -0.2) is 0 Å². The molecular weight excluding hydrogens is 668 g/mol. The van der Waals surface area contributed by atoms with E-state index in [4.69, 9.17) is 34.5 Å². The van der Waals surface area contributed by atoms with Gasteiger partial charge < -0.3 is 34.5 Å². The highest BCUT2D eigenvalue weighted by atomic mass is 127. The van der Waals surface area contributed by atoms with Crippen LogP contribution in [0.2, 0.25) is 0 Å². The normalized spacial score (nSPS) is 12.9. The summed E-state index contributed by atoms with van der Waals surface area (Å²) in [6.45, 7) is 4.62. The number of benzene rings is 2. The van der Waals surface area contributed by atoms with Crippen molar-refractivity contribution in [3.05, 3.63) is 49.1 Å². The number of aliphatic carboxylic acids is 1. The van der Waals surface area contributed by atoms with Crippen molar-refractivity contribution < 1.29 is 33.6 Å². The van der Waals surface area contributed by atoms with E-state index in [1.54, 1.807) is 7.11 Å². The van der Waals surface area contributed by atoms with Crippen molar-refractivity contribution in [1.29, 1.82) is 0 Å². The van der Waals surface area contributed by atoms with Crippen LogP contribution in [0.25, 0.3) is 0 Å². The standard InChI is InChI=1S/C24H31I2NO7/c1-3-17(32-10-8-30-2)15-31-9-11-33-18-4-6-19(7-5-18)34-23-20(25)12-16(13-21(23)26)14-22(27)24(28)29/h4-7,12-13,17,22H,3,8-11,14-15,27H2,1-2H3,(H,28,29). The van der Waals surface area contributed by atoms with Crippen molar-refractivity contribution in [2.24, 2.45) is 5.73 Å². The minimum Gasteiger partial charge on any atom is -0.491 e. The monoisotopic (exact) mass is 699 g/mol. The molecule has 2 atom stereocenters. The molecule has 0 radical (unpaired) electrons. The predicted octanol–water partition coefficient (Wildman–Crippen LogP) is 4.48. The number of halogens is 2. The first kappa shape index (κ1) is 29.0. The van der Waals surface area contributed by atoms with Crippen LogP contribution in [-0.2, 0) is 25.4 Å². The van der Waals surface area contributed by atoms with Gasteiger partial charge in [0.15, 0.2) is 5.75 Å². The SMILES string of the molecule is CCC(COCCOc1ccc(Oc2c(I)cc(CC(N)C(=O)O)cc2I)cc1)OCCOC. The van der Waals surface area contributed by atoms with Crippen LogP contribution in [0.1, 0.15) is 18.9 Å². The molecule has 2 aromatic carbocycles. The van der Waals surface area contributed by atoms with Gasteiger partial charge in [-0.2, -0.15) is 0 Å². The summed E-state index contributed by atoms with van der Waals surface area (Å²) >= 11 is 4.36. The molecular formula is C24H31I2NO7. The van der Waals surface area contributed by atoms with E-state index in [1.807, 2.05) is 36.4 Å². The zero-order chi connectivity index (χ0) is 24.9. The van der Waals surface area contributed by atoms with E-state index >= 15 is 0 Å². The highest BCUT2D eigenvalue weighted by Gasteiger charge is 2.16. The molecule has 8 nitrogen and oxygen atoms in total.